The normalized spacial score (nSPS) is 16.1. The molecule has 5 rings (SSSR count). The number of aryl methyl sites for hydroxylation is 1. The number of rotatable bonds is 6. The van der Waals surface area contributed by atoms with Gasteiger partial charge in [0.05, 0.1) is 28.3 Å². The Hall–Kier alpha value is -3.31. The summed E-state index contributed by atoms with van der Waals surface area (Å²) in [7, 11) is 0. The molecule has 0 saturated carbocycles. The van der Waals surface area contributed by atoms with Crippen LogP contribution in [0.1, 0.15) is 23.7 Å². The minimum absolute atomic E-state index is 0.00875. The molecule has 162 valence electrons. The summed E-state index contributed by atoms with van der Waals surface area (Å²) < 4.78 is 8.18. The number of hydrogen-bond acceptors (Lipinski definition) is 3. The first-order chi connectivity index (χ1) is 15.6. The fourth-order valence-electron chi connectivity index (χ4n) is 4.31. The molecule has 1 aliphatic rings. The molecular weight excluding hydrogens is 422 g/mol. The zero-order valence-corrected chi connectivity index (χ0v) is 18.6. The first kappa shape index (κ1) is 20.6. The van der Waals surface area contributed by atoms with E-state index in [-0.39, 0.29) is 11.8 Å². The van der Waals surface area contributed by atoms with Gasteiger partial charge < -0.3 is 14.2 Å². The lowest BCUT2D eigenvalue weighted by molar-refractivity contribution is -0.117. The number of anilines is 1. The lowest BCUT2D eigenvalue weighted by Gasteiger charge is -2.18. The second-order valence-corrected chi connectivity index (χ2v) is 8.54. The number of nitrogens with zero attached hydrogens (tertiary/aromatic N) is 3. The Kier molecular flexibility index (Phi) is 5.58. The lowest BCUT2D eigenvalue weighted by atomic mass is 10.1. The number of para-hydroxylation sites is 3. The number of halogens is 1. The van der Waals surface area contributed by atoms with Crippen LogP contribution in [0.3, 0.4) is 0 Å². The predicted molar refractivity (Wildman–Crippen MR) is 128 cm³/mol. The summed E-state index contributed by atoms with van der Waals surface area (Å²) >= 11 is 6.36. The molecule has 0 N–H and O–H groups in total. The van der Waals surface area contributed by atoms with Crippen molar-refractivity contribution in [1.29, 1.82) is 0 Å². The van der Waals surface area contributed by atoms with Crippen LogP contribution >= 0.6 is 11.6 Å². The Balaban J connectivity index is 1.41. The molecule has 1 saturated heterocycles. The molecule has 1 aliphatic heterocycles. The van der Waals surface area contributed by atoms with Crippen molar-refractivity contribution in [1.82, 2.24) is 9.55 Å². The first-order valence-electron chi connectivity index (χ1n) is 10.8. The topological polar surface area (TPSA) is 47.4 Å². The number of imidazole rings is 1. The number of benzene rings is 3. The highest BCUT2D eigenvalue weighted by Crippen LogP contribution is 2.36. The molecule has 1 aromatic heterocycles. The average Bonchev–Trinajstić information content (AvgIpc) is 3.36. The van der Waals surface area contributed by atoms with E-state index in [2.05, 4.69) is 17.6 Å². The third kappa shape index (κ3) is 3.96. The summed E-state index contributed by atoms with van der Waals surface area (Å²) in [5.41, 5.74) is 3.95. The van der Waals surface area contributed by atoms with E-state index in [1.807, 2.05) is 66.7 Å². The van der Waals surface area contributed by atoms with Gasteiger partial charge in [-0.15, -0.1) is 0 Å². The van der Waals surface area contributed by atoms with Gasteiger partial charge in [0.2, 0.25) is 5.91 Å². The summed E-state index contributed by atoms with van der Waals surface area (Å²) in [6.07, 6.45) is 0.410. The number of carbonyl (C=O) groups excluding carboxylic acids is 1. The Morgan fingerprint density at radius 1 is 1.03 bits per heavy atom. The highest BCUT2D eigenvalue weighted by molar-refractivity contribution is 6.33. The largest absolute Gasteiger partial charge is 0.492 e. The van der Waals surface area contributed by atoms with Crippen LogP contribution in [0.25, 0.3) is 11.0 Å². The van der Waals surface area contributed by atoms with Gasteiger partial charge in [-0.25, -0.2) is 4.98 Å². The van der Waals surface area contributed by atoms with E-state index in [4.69, 9.17) is 21.3 Å². The number of aromatic nitrogens is 2. The lowest BCUT2D eigenvalue weighted by Crippen LogP contribution is -2.25. The van der Waals surface area contributed by atoms with Crippen LogP contribution in [0.15, 0.2) is 72.8 Å². The molecule has 32 heavy (non-hydrogen) atoms. The molecule has 1 unspecified atom stereocenters. The summed E-state index contributed by atoms with van der Waals surface area (Å²) in [4.78, 5) is 19.6. The molecule has 0 bridgehead atoms. The number of fused-ring (bicyclic) bond motifs is 1. The van der Waals surface area contributed by atoms with E-state index < -0.39 is 0 Å². The van der Waals surface area contributed by atoms with Crippen molar-refractivity contribution >= 4 is 34.2 Å². The second kappa shape index (κ2) is 8.67. The van der Waals surface area contributed by atoms with Crippen molar-refractivity contribution in [2.75, 3.05) is 18.1 Å². The molecule has 4 aromatic rings. The molecule has 5 nitrogen and oxygen atoms in total. The molecule has 0 spiro atoms. The number of hydrogen-bond donors (Lipinski definition) is 0. The predicted octanol–water partition coefficient (Wildman–Crippen LogP) is 5.60. The van der Waals surface area contributed by atoms with E-state index >= 15 is 0 Å². The van der Waals surface area contributed by atoms with Gasteiger partial charge in [-0.05, 0) is 43.3 Å². The van der Waals surface area contributed by atoms with Crippen LogP contribution in [0, 0.1) is 6.92 Å². The van der Waals surface area contributed by atoms with Gasteiger partial charge in [0.1, 0.15) is 18.2 Å². The Labute approximate surface area is 192 Å². The third-order valence-corrected chi connectivity index (χ3v) is 6.24. The zero-order valence-electron chi connectivity index (χ0n) is 17.9. The van der Waals surface area contributed by atoms with Crippen LogP contribution in [0.2, 0.25) is 5.02 Å². The van der Waals surface area contributed by atoms with Crippen molar-refractivity contribution in [3.63, 3.8) is 0 Å². The Morgan fingerprint density at radius 3 is 2.59 bits per heavy atom. The highest BCUT2D eigenvalue weighted by atomic mass is 35.5. The molecule has 2 heterocycles. The van der Waals surface area contributed by atoms with E-state index in [1.165, 1.54) is 5.56 Å². The van der Waals surface area contributed by atoms with Gasteiger partial charge in [0.15, 0.2) is 0 Å². The van der Waals surface area contributed by atoms with Crippen LogP contribution < -0.4 is 9.64 Å². The van der Waals surface area contributed by atoms with Crippen molar-refractivity contribution in [2.24, 2.45) is 0 Å². The molecule has 1 atom stereocenters. The standard InChI is InChI=1S/C26H24ClN3O2/c1-18-10-12-20(13-11-18)32-15-14-29-24-9-5-3-7-22(24)28-26(29)19-16-25(31)30(17-19)23-8-4-2-6-21(23)27/h2-13,19H,14-17H2,1H3. The zero-order chi connectivity index (χ0) is 22.1. The van der Waals surface area contributed by atoms with Gasteiger partial charge in [-0.1, -0.05) is 53.6 Å². The highest BCUT2D eigenvalue weighted by Gasteiger charge is 2.35. The maximum Gasteiger partial charge on any atom is 0.227 e. The quantitative estimate of drug-likeness (QED) is 0.388. The summed E-state index contributed by atoms with van der Waals surface area (Å²) in [5.74, 6) is 1.83. The van der Waals surface area contributed by atoms with Crippen LogP contribution in [0.5, 0.6) is 5.75 Å². The smallest absolute Gasteiger partial charge is 0.227 e. The maximum atomic E-state index is 12.9. The van der Waals surface area contributed by atoms with Crippen LogP contribution in [-0.4, -0.2) is 28.6 Å². The molecule has 3 aromatic carbocycles. The molecular formula is C26H24ClN3O2. The average molecular weight is 446 g/mol. The van der Waals surface area contributed by atoms with E-state index in [9.17, 15) is 4.79 Å². The number of amides is 1. The Bertz CT molecular complexity index is 1270. The summed E-state index contributed by atoms with van der Waals surface area (Å²) in [6, 6.07) is 23.6. The molecule has 0 radical (unpaired) electrons. The van der Waals surface area contributed by atoms with Gasteiger partial charge in [-0.3, -0.25) is 4.79 Å². The SMILES string of the molecule is Cc1ccc(OCCn2c(C3CC(=O)N(c4ccccc4Cl)C3)nc3ccccc32)cc1. The molecule has 0 aliphatic carbocycles. The van der Waals surface area contributed by atoms with Crippen molar-refractivity contribution in [3.8, 4) is 5.75 Å². The van der Waals surface area contributed by atoms with Crippen molar-refractivity contribution in [3.05, 3.63) is 89.2 Å². The van der Waals surface area contributed by atoms with Crippen molar-refractivity contribution in [2.45, 2.75) is 25.8 Å². The monoisotopic (exact) mass is 445 g/mol. The fraction of sp³-hybridized carbons (Fsp3) is 0.231. The van der Waals surface area contributed by atoms with E-state index in [1.54, 1.807) is 4.90 Å². The van der Waals surface area contributed by atoms with Gasteiger partial charge in [0.25, 0.3) is 0 Å². The van der Waals surface area contributed by atoms with Gasteiger partial charge in [-0.2, -0.15) is 0 Å². The third-order valence-electron chi connectivity index (χ3n) is 5.92. The molecule has 1 amide bonds. The number of carbonyl (C=O) groups is 1. The summed E-state index contributed by atoms with van der Waals surface area (Å²) in [6.45, 7) is 3.79. The maximum absolute atomic E-state index is 12.9. The van der Waals surface area contributed by atoms with E-state index in [0.717, 1.165) is 28.3 Å². The minimum atomic E-state index is -0.00875. The van der Waals surface area contributed by atoms with Gasteiger partial charge >= 0.3 is 0 Å². The number of ether oxygens (including phenoxy) is 1. The molecule has 1 fully saturated rings. The summed E-state index contributed by atoms with van der Waals surface area (Å²) in [5, 5.41) is 0.585. The molecule has 6 heteroatoms. The Morgan fingerprint density at radius 2 is 1.78 bits per heavy atom. The van der Waals surface area contributed by atoms with E-state index in [0.29, 0.717) is 31.1 Å². The van der Waals surface area contributed by atoms with Crippen molar-refractivity contribution < 1.29 is 9.53 Å². The fourth-order valence-corrected chi connectivity index (χ4v) is 4.55. The first-order valence-corrected chi connectivity index (χ1v) is 11.2. The van der Waals surface area contributed by atoms with Crippen LogP contribution in [0.4, 0.5) is 5.69 Å². The van der Waals surface area contributed by atoms with Gasteiger partial charge in [0, 0.05) is 18.9 Å². The van der Waals surface area contributed by atoms with Crippen LogP contribution in [-0.2, 0) is 11.3 Å². The minimum Gasteiger partial charge on any atom is -0.492 e. The second-order valence-electron chi connectivity index (χ2n) is 8.13.